The van der Waals surface area contributed by atoms with Crippen molar-refractivity contribution < 1.29 is 28.6 Å². The molecule has 0 spiro atoms. The van der Waals surface area contributed by atoms with Crippen LogP contribution in [0.15, 0.2) is 109 Å². The lowest BCUT2D eigenvalue weighted by atomic mass is 10.0. The van der Waals surface area contributed by atoms with E-state index in [4.69, 9.17) is 14.2 Å². The number of hydrogen-bond donors (Lipinski definition) is 0. The smallest absolute Gasteiger partial charge is 0.306 e. The van der Waals surface area contributed by atoms with E-state index in [0.29, 0.717) is 19.3 Å². The van der Waals surface area contributed by atoms with Crippen molar-refractivity contribution in [2.24, 2.45) is 0 Å². The molecule has 6 heteroatoms. The first-order chi connectivity index (χ1) is 32.5. The van der Waals surface area contributed by atoms with Crippen molar-refractivity contribution in [1.29, 1.82) is 0 Å². The maximum atomic E-state index is 12.8. The molecular formula is C60H98O6. The third kappa shape index (κ3) is 51.1. The second-order valence-corrected chi connectivity index (χ2v) is 17.5. The Morgan fingerprint density at radius 1 is 0.333 bits per heavy atom. The van der Waals surface area contributed by atoms with Gasteiger partial charge in [-0.1, -0.05) is 252 Å². The van der Waals surface area contributed by atoms with E-state index in [-0.39, 0.29) is 31.1 Å². The summed E-state index contributed by atoms with van der Waals surface area (Å²) in [4.78, 5) is 38.1. The zero-order valence-corrected chi connectivity index (χ0v) is 42.7. The van der Waals surface area contributed by atoms with Gasteiger partial charge >= 0.3 is 17.9 Å². The summed E-state index contributed by atoms with van der Waals surface area (Å²) in [7, 11) is 0. The van der Waals surface area contributed by atoms with Crippen LogP contribution in [0, 0.1) is 0 Å². The van der Waals surface area contributed by atoms with Crippen LogP contribution in [0.2, 0.25) is 0 Å². The van der Waals surface area contributed by atoms with Crippen molar-refractivity contribution in [1.82, 2.24) is 0 Å². The van der Waals surface area contributed by atoms with Crippen LogP contribution >= 0.6 is 0 Å². The molecule has 0 radical (unpaired) electrons. The Morgan fingerprint density at radius 2 is 0.667 bits per heavy atom. The highest BCUT2D eigenvalue weighted by atomic mass is 16.6. The molecule has 0 aromatic heterocycles. The normalized spacial score (nSPS) is 13.0. The highest BCUT2D eigenvalue weighted by Gasteiger charge is 2.19. The number of unbranched alkanes of at least 4 members (excludes halogenated alkanes) is 23. The first kappa shape index (κ1) is 62.1. The van der Waals surface area contributed by atoms with Gasteiger partial charge in [0.1, 0.15) is 13.2 Å². The van der Waals surface area contributed by atoms with Gasteiger partial charge in [0, 0.05) is 19.3 Å². The van der Waals surface area contributed by atoms with E-state index in [1.54, 1.807) is 0 Å². The first-order valence-corrected chi connectivity index (χ1v) is 27.0. The van der Waals surface area contributed by atoms with Gasteiger partial charge in [0.05, 0.1) is 0 Å². The minimum absolute atomic E-state index is 0.105. The molecule has 0 N–H and O–H groups in total. The van der Waals surface area contributed by atoms with Gasteiger partial charge in [-0.25, -0.2) is 0 Å². The third-order valence-corrected chi connectivity index (χ3v) is 11.2. The summed E-state index contributed by atoms with van der Waals surface area (Å²) < 4.78 is 16.8. The fourth-order valence-corrected chi connectivity index (χ4v) is 7.19. The molecule has 1 atom stereocenters. The van der Waals surface area contributed by atoms with E-state index >= 15 is 0 Å². The molecule has 0 aromatic rings. The van der Waals surface area contributed by atoms with Crippen LogP contribution in [-0.2, 0) is 28.6 Å². The van der Waals surface area contributed by atoms with E-state index in [9.17, 15) is 14.4 Å². The Morgan fingerprint density at radius 3 is 1.12 bits per heavy atom. The SMILES string of the molecule is CC\C=C/C=C\C=C/C=C\C=C\C=C/CCCCCC(=O)OCC(COC(=O)CCCCCC/C=C\C/C=C\C/C=C\CC)OC(=O)CCCCCCCCCCCCCCCCCCC. The molecule has 66 heavy (non-hydrogen) atoms. The van der Waals surface area contributed by atoms with E-state index in [2.05, 4.69) is 69.4 Å². The topological polar surface area (TPSA) is 78.9 Å². The minimum Gasteiger partial charge on any atom is -0.462 e. The molecule has 0 rings (SSSR count). The van der Waals surface area contributed by atoms with Crippen LogP contribution in [0.5, 0.6) is 0 Å². The lowest BCUT2D eigenvalue weighted by Gasteiger charge is -2.18. The zero-order chi connectivity index (χ0) is 47.9. The van der Waals surface area contributed by atoms with E-state index in [0.717, 1.165) is 103 Å². The van der Waals surface area contributed by atoms with Gasteiger partial charge in [0.2, 0.25) is 0 Å². The molecule has 0 saturated carbocycles. The van der Waals surface area contributed by atoms with Crippen molar-refractivity contribution in [2.75, 3.05) is 13.2 Å². The van der Waals surface area contributed by atoms with Crippen LogP contribution in [-0.4, -0.2) is 37.2 Å². The van der Waals surface area contributed by atoms with Gasteiger partial charge in [0.15, 0.2) is 6.10 Å². The molecule has 0 amide bonds. The maximum absolute atomic E-state index is 12.8. The average molecular weight is 915 g/mol. The molecule has 0 bridgehead atoms. The molecule has 1 unspecified atom stereocenters. The monoisotopic (exact) mass is 915 g/mol. The predicted molar refractivity (Wildman–Crippen MR) is 283 cm³/mol. The van der Waals surface area contributed by atoms with Crippen LogP contribution in [0.1, 0.15) is 233 Å². The standard InChI is InChI=1S/C60H98O6/c1-4-7-10-13-16-19-22-25-28-30-32-35-38-41-44-47-50-53-59(62)65-56-57(55-64-58(61)52-49-46-43-40-37-34-27-24-21-18-15-12-9-6-3)66-60(63)54-51-48-45-42-39-36-33-31-29-26-23-20-17-14-11-8-5-2/h7,9-10,12-13,16,18-19,21-22,25,27-28,30,32,34-35,38,57H,4-6,8,11,14-15,17,20,23-24,26,29,31,33,36-37,39-56H2,1-3H3/b10-7-,12-9-,16-13-,21-18-,22-19-,28-25-,32-30+,34-27-,38-35-. The molecule has 0 aliphatic heterocycles. The quantitative estimate of drug-likeness (QED) is 0.0199. The average Bonchev–Trinajstić information content (AvgIpc) is 3.31. The van der Waals surface area contributed by atoms with E-state index < -0.39 is 6.10 Å². The summed E-state index contributed by atoms with van der Waals surface area (Å²) in [6, 6.07) is 0. The van der Waals surface area contributed by atoms with Crippen molar-refractivity contribution in [2.45, 2.75) is 239 Å². The van der Waals surface area contributed by atoms with E-state index in [1.807, 2.05) is 60.8 Å². The fourth-order valence-electron chi connectivity index (χ4n) is 7.19. The largest absolute Gasteiger partial charge is 0.462 e. The van der Waals surface area contributed by atoms with Crippen molar-refractivity contribution in [3.05, 3.63) is 109 Å². The Balaban J connectivity index is 4.50. The van der Waals surface area contributed by atoms with Crippen LogP contribution in [0.4, 0.5) is 0 Å². The lowest BCUT2D eigenvalue weighted by Crippen LogP contribution is -2.30. The number of carbonyl (C=O) groups is 3. The predicted octanol–water partition coefficient (Wildman–Crippen LogP) is 17.9. The number of esters is 3. The van der Waals surface area contributed by atoms with E-state index in [1.165, 1.54) is 89.9 Å². The van der Waals surface area contributed by atoms with Crippen LogP contribution in [0.25, 0.3) is 0 Å². The lowest BCUT2D eigenvalue weighted by molar-refractivity contribution is -0.167. The van der Waals surface area contributed by atoms with Crippen molar-refractivity contribution >= 4 is 17.9 Å². The summed E-state index contributed by atoms with van der Waals surface area (Å²) in [6.45, 7) is 6.33. The highest BCUT2D eigenvalue weighted by Crippen LogP contribution is 2.15. The fraction of sp³-hybridized carbons (Fsp3) is 0.650. The summed E-state index contributed by atoms with van der Waals surface area (Å²) >= 11 is 0. The van der Waals surface area contributed by atoms with Gasteiger partial charge in [-0.15, -0.1) is 0 Å². The summed E-state index contributed by atoms with van der Waals surface area (Å²) in [5.41, 5.74) is 0. The first-order valence-electron chi connectivity index (χ1n) is 27.0. The molecule has 0 fully saturated rings. The van der Waals surface area contributed by atoms with Gasteiger partial charge in [-0.2, -0.15) is 0 Å². The molecule has 0 aromatic carbocycles. The second-order valence-electron chi connectivity index (χ2n) is 17.5. The van der Waals surface area contributed by atoms with Gasteiger partial charge in [-0.05, 0) is 70.6 Å². The van der Waals surface area contributed by atoms with Gasteiger partial charge in [0.25, 0.3) is 0 Å². The Bertz CT molecular complexity index is 1370. The third-order valence-electron chi connectivity index (χ3n) is 11.2. The van der Waals surface area contributed by atoms with Crippen molar-refractivity contribution in [3.8, 4) is 0 Å². The van der Waals surface area contributed by atoms with Gasteiger partial charge < -0.3 is 14.2 Å². The zero-order valence-electron chi connectivity index (χ0n) is 42.7. The minimum atomic E-state index is -0.806. The second kappa shape index (κ2) is 53.7. The Kier molecular flexibility index (Phi) is 50.5. The summed E-state index contributed by atoms with van der Waals surface area (Å²) in [5, 5.41) is 0. The number of rotatable bonds is 47. The Hall–Kier alpha value is -3.93. The molecule has 0 saturated heterocycles. The summed E-state index contributed by atoms with van der Waals surface area (Å²) in [5.74, 6) is -0.969. The Labute approximate surface area is 406 Å². The number of carbonyl (C=O) groups excluding carboxylic acids is 3. The molecule has 0 aliphatic rings. The van der Waals surface area contributed by atoms with Crippen LogP contribution < -0.4 is 0 Å². The number of ether oxygens (including phenoxy) is 3. The summed E-state index contributed by atoms with van der Waals surface area (Å²) in [6.07, 6.45) is 72.1. The molecule has 374 valence electrons. The molecule has 0 aliphatic carbocycles. The number of hydrogen-bond acceptors (Lipinski definition) is 6. The van der Waals surface area contributed by atoms with Crippen LogP contribution in [0.3, 0.4) is 0 Å². The maximum Gasteiger partial charge on any atom is 0.306 e. The highest BCUT2D eigenvalue weighted by molar-refractivity contribution is 5.71. The van der Waals surface area contributed by atoms with Crippen molar-refractivity contribution in [3.63, 3.8) is 0 Å². The molecule has 6 nitrogen and oxygen atoms in total. The molecule has 0 heterocycles. The molecular weight excluding hydrogens is 817 g/mol. The van der Waals surface area contributed by atoms with Gasteiger partial charge in [-0.3, -0.25) is 14.4 Å². The number of allylic oxidation sites excluding steroid dienone is 18.